The Morgan fingerprint density at radius 3 is 2.37 bits per heavy atom. The van der Waals surface area contributed by atoms with Crippen molar-refractivity contribution in [1.82, 2.24) is 0 Å². The van der Waals surface area contributed by atoms with E-state index in [1.807, 2.05) is 0 Å². The smallest absolute Gasteiger partial charge is 0.139 e. The van der Waals surface area contributed by atoms with Crippen molar-refractivity contribution in [1.29, 1.82) is 0 Å². The van der Waals surface area contributed by atoms with Crippen molar-refractivity contribution in [2.75, 3.05) is 5.73 Å². The van der Waals surface area contributed by atoms with Crippen LogP contribution in [0.4, 0.5) is 10.1 Å². The Hall–Kier alpha value is -1.00. The number of nitrogens with two attached hydrogens (primary N) is 1. The van der Waals surface area contributed by atoms with Crippen LogP contribution in [0.25, 0.3) is 0 Å². The van der Waals surface area contributed by atoms with Gasteiger partial charge in [0.15, 0.2) is 0 Å². The van der Waals surface area contributed by atoms with Crippen molar-refractivity contribution in [3.05, 3.63) is 52.3 Å². The number of hydrogen-bond donors (Lipinski definition) is 1. The van der Waals surface area contributed by atoms with Gasteiger partial charge < -0.3 is 5.73 Å². The molecule has 0 saturated carbocycles. The molecule has 1 nitrogen and oxygen atoms in total. The predicted molar refractivity (Wildman–Crippen MR) is 83.2 cm³/mol. The summed E-state index contributed by atoms with van der Waals surface area (Å²) in [6, 6.07) is 11.4. The summed E-state index contributed by atoms with van der Waals surface area (Å²) in [4.78, 5) is 1.94. The zero-order chi connectivity index (χ0) is 14.0. The SMILES string of the molecule is CC(C)c1ccc(Sc2cc(Br)c(F)cc2N)cc1. The first-order valence-corrected chi connectivity index (χ1v) is 7.60. The Balaban J connectivity index is 2.24. The second-order valence-corrected chi connectivity index (χ2v) is 6.60. The fourth-order valence-corrected chi connectivity index (χ4v) is 3.05. The number of rotatable bonds is 3. The summed E-state index contributed by atoms with van der Waals surface area (Å²) in [6.07, 6.45) is 0. The van der Waals surface area contributed by atoms with Gasteiger partial charge in [0.05, 0.1) is 4.47 Å². The third kappa shape index (κ3) is 3.51. The monoisotopic (exact) mass is 339 g/mol. The lowest BCUT2D eigenvalue weighted by Gasteiger charge is -2.09. The first-order chi connectivity index (χ1) is 8.97. The highest BCUT2D eigenvalue weighted by Crippen LogP contribution is 2.35. The van der Waals surface area contributed by atoms with E-state index in [0.29, 0.717) is 16.1 Å². The van der Waals surface area contributed by atoms with Gasteiger partial charge in [0.1, 0.15) is 5.82 Å². The summed E-state index contributed by atoms with van der Waals surface area (Å²) >= 11 is 4.72. The molecular weight excluding hydrogens is 325 g/mol. The molecule has 0 unspecified atom stereocenters. The minimum atomic E-state index is -0.336. The van der Waals surface area contributed by atoms with E-state index in [1.165, 1.54) is 23.4 Å². The summed E-state index contributed by atoms with van der Waals surface area (Å²) in [7, 11) is 0. The molecule has 0 aromatic heterocycles. The molecule has 100 valence electrons. The molecule has 0 amide bonds. The van der Waals surface area contributed by atoms with Crippen molar-refractivity contribution in [2.24, 2.45) is 0 Å². The zero-order valence-corrected chi connectivity index (χ0v) is 13.2. The van der Waals surface area contributed by atoms with Crippen LogP contribution in [0.5, 0.6) is 0 Å². The molecule has 2 N–H and O–H groups in total. The highest BCUT2D eigenvalue weighted by Gasteiger charge is 2.08. The van der Waals surface area contributed by atoms with Gasteiger partial charge in [-0.2, -0.15) is 0 Å². The topological polar surface area (TPSA) is 26.0 Å². The quantitative estimate of drug-likeness (QED) is 0.753. The summed E-state index contributed by atoms with van der Waals surface area (Å²) in [5.74, 6) is 0.182. The standard InChI is InChI=1S/C15H15BrFNS/c1-9(2)10-3-5-11(6-4-10)19-15-7-12(16)13(17)8-14(15)18/h3-9H,18H2,1-2H3. The molecule has 0 aliphatic rings. The molecule has 0 heterocycles. The van der Waals surface area contributed by atoms with E-state index in [1.54, 1.807) is 6.07 Å². The molecule has 19 heavy (non-hydrogen) atoms. The fourth-order valence-electron chi connectivity index (χ4n) is 1.68. The van der Waals surface area contributed by atoms with Crippen LogP contribution in [0.15, 0.2) is 50.7 Å². The van der Waals surface area contributed by atoms with E-state index in [2.05, 4.69) is 54.0 Å². The molecule has 0 aliphatic carbocycles. The average Bonchev–Trinajstić information content (AvgIpc) is 2.36. The Labute approximate surface area is 125 Å². The maximum absolute atomic E-state index is 13.3. The fraction of sp³-hybridized carbons (Fsp3) is 0.200. The van der Waals surface area contributed by atoms with Crippen molar-refractivity contribution in [3.8, 4) is 0 Å². The Kier molecular flexibility index (Phi) is 4.53. The third-order valence-electron chi connectivity index (χ3n) is 2.83. The van der Waals surface area contributed by atoms with Crippen LogP contribution >= 0.6 is 27.7 Å². The van der Waals surface area contributed by atoms with E-state index in [4.69, 9.17) is 5.73 Å². The van der Waals surface area contributed by atoms with Gasteiger partial charge in [0.2, 0.25) is 0 Å². The first-order valence-electron chi connectivity index (χ1n) is 5.99. The van der Waals surface area contributed by atoms with Crippen LogP contribution in [-0.4, -0.2) is 0 Å². The molecule has 0 fully saturated rings. The van der Waals surface area contributed by atoms with Gasteiger partial charge >= 0.3 is 0 Å². The maximum atomic E-state index is 13.3. The third-order valence-corrected chi connectivity index (χ3v) is 4.52. The van der Waals surface area contributed by atoms with Gasteiger partial charge in [-0.05, 0) is 51.7 Å². The summed E-state index contributed by atoms with van der Waals surface area (Å²) in [5, 5.41) is 0. The molecule has 0 radical (unpaired) electrons. The molecular formula is C15H15BrFNS. The van der Waals surface area contributed by atoms with Crippen LogP contribution in [0.1, 0.15) is 25.3 Å². The summed E-state index contributed by atoms with van der Waals surface area (Å²) in [6.45, 7) is 4.33. The van der Waals surface area contributed by atoms with Crippen LogP contribution < -0.4 is 5.73 Å². The van der Waals surface area contributed by atoms with Gasteiger partial charge in [0, 0.05) is 15.5 Å². The van der Waals surface area contributed by atoms with Crippen molar-refractivity contribution in [2.45, 2.75) is 29.6 Å². The van der Waals surface area contributed by atoms with Crippen LogP contribution in [0.2, 0.25) is 0 Å². The average molecular weight is 340 g/mol. The number of nitrogen functional groups attached to an aromatic ring is 1. The van der Waals surface area contributed by atoms with Gasteiger partial charge in [-0.15, -0.1) is 0 Å². The Morgan fingerprint density at radius 1 is 1.16 bits per heavy atom. The lowest BCUT2D eigenvalue weighted by Crippen LogP contribution is -1.91. The highest BCUT2D eigenvalue weighted by atomic mass is 79.9. The zero-order valence-electron chi connectivity index (χ0n) is 10.8. The van der Waals surface area contributed by atoms with Gasteiger partial charge in [-0.25, -0.2) is 4.39 Å². The van der Waals surface area contributed by atoms with Gasteiger partial charge in [-0.3, -0.25) is 0 Å². The minimum absolute atomic E-state index is 0.336. The van der Waals surface area contributed by atoms with E-state index in [0.717, 1.165) is 9.79 Å². The maximum Gasteiger partial charge on any atom is 0.139 e. The van der Waals surface area contributed by atoms with E-state index >= 15 is 0 Å². The van der Waals surface area contributed by atoms with Gasteiger partial charge in [0.25, 0.3) is 0 Å². The van der Waals surface area contributed by atoms with E-state index < -0.39 is 0 Å². The van der Waals surface area contributed by atoms with E-state index in [-0.39, 0.29) is 5.82 Å². The van der Waals surface area contributed by atoms with Gasteiger partial charge in [-0.1, -0.05) is 37.7 Å². The summed E-state index contributed by atoms with van der Waals surface area (Å²) in [5.41, 5.74) is 7.59. The van der Waals surface area contributed by atoms with E-state index in [9.17, 15) is 4.39 Å². The molecule has 4 heteroatoms. The van der Waals surface area contributed by atoms with Crippen LogP contribution in [0, 0.1) is 5.82 Å². The number of anilines is 1. The minimum Gasteiger partial charge on any atom is -0.398 e. The number of benzene rings is 2. The first kappa shape index (κ1) is 14.4. The normalized spacial score (nSPS) is 11.0. The molecule has 2 aromatic carbocycles. The molecule has 2 aromatic rings. The van der Waals surface area contributed by atoms with Crippen molar-refractivity contribution in [3.63, 3.8) is 0 Å². The lowest BCUT2D eigenvalue weighted by molar-refractivity contribution is 0.620. The Bertz CT molecular complexity index is 581. The van der Waals surface area contributed by atoms with Crippen molar-refractivity contribution >= 4 is 33.4 Å². The molecule has 0 saturated heterocycles. The number of halogens is 2. The molecule has 0 spiro atoms. The largest absolute Gasteiger partial charge is 0.398 e. The Morgan fingerprint density at radius 2 is 1.79 bits per heavy atom. The molecule has 0 bridgehead atoms. The molecule has 2 rings (SSSR count). The van der Waals surface area contributed by atoms with Crippen LogP contribution in [-0.2, 0) is 0 Å². The van der Waals surface area contributed by atoms with Crippen LogP contribution in [0.3, 0.4) is 0 Å². The second kappa shape index (κ2) is 5.97. The lowest BCUT2D eigenvalue weighted by atomic mass is 10.0. The summed E-state index contributed by atoms with van der Waals surface area (Å²) < 4.78 is 13.7. The second-order valence-electron chi connectivity index (χ2n) is 4.63. The molecule has 0 aliphatic heterocycles. The molecule has 0 atom stereocenters. The number of hydrogen-bond acceptors (Lipinski definition) is 2. The highest BCUT2D eigenvalue weighted by molar-refractivity contribution is 9.10. The predicted octanol–water partition coefficient (Wildman–Crippen LogP) is 5.45. The van der Waals surface area contributed by atoms with Crippen molar-refractivity contribution < 1.29 is 4.39 Å².